The van der Waals surface area contributed by atoms with Crippen LogP contribution >= 0.6 is 0 Å². The minimum atomic E-state index is -0.432. The highest BCUT2D eigenvalue weighted by Gasteiger charge is 2.22. The fourth-order valence-corrected chi connectivity index (χ4v) is 3.67. The third-order valence-corrected chi connectivity index (χ3v) is 5.01. The number of hydrogen-bond donors (Lipinski definition) is 1. The molecule has 160 valence electrons. The van der Waals surface area contributed by atoms with Gasteiger partial charge in [-0.2, -0.15) is 5.10 Å². The lowest BCUT2D eigenvalue weighted by atomic mass is 10.0. The molecule has 7 heteroatoms. The Labute approximate surface area is 181 Å². The summed E-state index contributed by atoms with van der Waals surface area (Å²) < 4.78 is 20.3. The van der Waals surface area contributed by atoms with Gasteiger partial charge in [-0.1, -0.05) is 41.5 Å². The minimum Gasteiger partial charge on any atom is -0.434 e. The van der Waals surface area contributed by atoms with Crippen molar-refractivity contribution < 1.29 is 14.0 Å². The Bertz CT molecular complexity index is 1130. The molecular weight excluding hydrogens is 395 g/mol. The highest BCUT2D eigenvalue weighted by atomic mass is 19.1. The van der Waals surface area contributed by atoms with E-state index in [0.717, 1.165) is 6.42 Å². The predicted molar refractivity (Wildman–Crippen MR) is 117 cm³/mol. The number of nitrogens with zero attached hydrogens (tertiary/aromatic N) is 3. The number of aryl methyl sites for hydroxylation is 4. The fourth-order valence-electron chi connectivity index (χ4n) is 3.67. The molecule has 0 saturated heterocycles. The average molecular weight is 420 g/mol. The first-order valence-electron chi connectivity index (χ1n) is 10.2. The normalized spacial score (nSPS) is 15.9. The summed E-state index contributed by atoms with van der Waals surface area (Å²) >= 11 is 0. The molecule has 0 radical (unpaired) electrons. The van der Waals surface area contributed by atoms with E-state index in [-0.39, 0.29) is 17.7 Å². The maximum Gasteiger partial charge on any atom is 0.250 e. The van der Waals surface area contributed by atoms with Gasteiger partial charge in [-0.3, -0.25) is 9.83 Å². The van der Waals surface area contributed by atoms with E-state index in [1.165, 1.54) is 16.7 Å². The molecule has 6 nitrogen and oxygen atoms in total. The topological polar surface area (TPSA) is 68.6 Å². The van der Waals surface area contributed by atoms with E-state index in [1.807, 2.05) is 6.92 Å². The summed E-state index contributed by atoms with van der Waals surface area (Å²) in [5.74, 6) is 0.306. The van der Waals surface area contributed by atoms with Crippen molar-refractivity contribution in [1.29, 1.82) is 0 Å². The van der Waals surface area contributed by atoms with E-state index < -0.39 is 5.82 Å². The minimum absolute atomic E-state index is 0.0746. The van der Waals surface area contributed by atoms with Crippen LogP contribution in [0.3, 0.4) is 0 Å². The summed E-state index contributed by atoms with van der Waals surface area (Å²) in [5.41, 5.74) is 8.26. The van der Waals surface area contributed by atoms with E-state index in [0.29, 0.717) is 29.3 Å². The zero-order valence-corrected chi connectivity index (χ0v) is 18.1. The zero-order chi connectivity index (χ0) is 22.0. The van der Waals surface area contributed by atoms with Gasteiger partial charge in [0.1, 0.15) is 0 Å². The van der Waals surface area contributed by atoms with Gasteiger partial charge in [0.25, 0.3) is 0 Å². The Morgan fingerprint density at radius 3 is 2.61 bits per heavy atom. The number of aromatic nitrogens is 2. The molecule has 1 N–H and O–H groups in total. The highest BCUT2D eigenvalue weighted by molar-refractivity contribution is 6.00. The van der Waals surface area contributed by atoms with Gasteiger partial charge in [0, 0.05) is 0 Å². The highest BCUT2D eigenvalue weighted by Crippen LogP contribution is 2.28. The second-order valence-electron chi connectivity index (χ2n) is 7.94. The maximum absolute atomic E-state index is 14.5. The third kappa shape index (κ3) is 4.88. The van der Waals surface area contributed by atoms with Crippen molar-refractivity contribution in [2.24, 2.45) is 4.99 Å². The van der Waals surface area contributed by atoms with Gasteiger partial charge in [-0.25, -0.2) is 9.87 Å². The molecule has 31 heavy (non-hydrogen) atoms. The summed E-state index contributed by atoms with van der Waals surface area (Å²) in [4.78, 5) is 10.4. The van der Waals surface area contributed by atoms with Crippen molar-refractivity contribution in [3.8, 4) is 11.6 Å². The van der Waals surface area contributed by atoms with Gasteiger partial charge in [0.05, 0.1) is 23.9 Å². The Kier molecular flexibility index (Phi) is 5.95. The van der Waals surface area contributed by atoms with Crippen molar-refractivity contribution >= 4 is 5.84 Å². The van der Waals surface area contributed by atoms with Crippen LogP contribution in [0.2, 0.25) is 0 Å². The summed E-state index contributed by atoms with van der Waals surface area (Å²) in [6, 6.07) is 13.2. The number of hydrogen-bond acceptors (Lipinski definition) is 6. The molecule has 2 heterocycles. The van der Waals surface area contributed by atoms with Gasteiger partial charge in [0.2, 0.25) is 5.88 Å². The number of ether oxygens (including phenoxy) is 1. The van der Waals surface area contributed by atoms with E-state index in [2.05, 4.69) is 47.7 Å². The molecule has 1 unspecified atom stereocenters. The summed E-state index contributed by atoms with van der Waals surface area (Å²) in [5, 5.41) is 8.20. The molecule has 4 rings (SSSR count). The molecule has 1 aromatic heterocycles. The number of benzene rings is 2. The van der Waals surface area contributed by atoms with Crippen LogP contribution in [0.4, 0.5) is 4.39 Å². The summed E-state index contributed by atoms with van der Waals surface area (Å²) in [6.07, 6.45) is 0.744. The number of hydroxylamine groups is 1. The van der Waals surface area contributed by atoms with Crippen molar-refractivity contribution in [2.75, 3.05) is 6.61 Å². The first kappa shape index (κ1) is 20.9. The van der Waals surface area contributed by atoms with Crippen LogP contribution in [0.1, 0.15) is 33.5 Å². The number of rotatable bonds is 5. The van der Waals surface area contributed by atoms with Crippen molar-refractivity contribution in [2.45, 2.75) is 40.2 Å². The van der Waals surface area contributed by atoms with Crippen LogP contribution in [-0.2, 0) is 11.3 Å². The Balaban J connectivity index is 1.64. The molecule has 1 aliphatic heterocycles. The van der Waals surface area contributed by atoms with Crippen LogP contribution in [0.15, 0.2) is 47.5 Å². The van der Waals surface area contributed by atoms with Gasteiger partial charge in [0.15, 0.2) is 17.4 Å². The van der Waals surface area contributed by atoms with E-state index in [9.17, 15) is 4.39 Å². The lowest BCUT2D eigenvalue weighted by molar-refractivity contribution is 0.0623. The lowest BCUT2D eigenvalue weighted by Crippen LogP contribution is -2.37. The molecule has 3 aromatic rings. The second kappa shape index (κ2) is 8.81. The maximum atomic E-state index is 14.5. The lowest BCUT2D eigenvalue weighted by Gasteiger charge is -2.23. The smallest absolute Gasteiger partial charge is 0.250 e. The fraction of sp³-hybridized carbons (Fsp3) is 0.292. The first-order chi connectivity index (χ1) is 14.9. The number of amidine groups is 1. The van der Waals surface area contributed by atoms with E-state index >= 15 is 0 Å². The van der Waals surface area contributed by atoms with Crippen LogP contribution in [0.5, 0.6) is 11.6 Å². The Hall–Kier alpha value is -3.32. The molecule has 0 aliphatic carbocycles. The zero-order valence-electron chi connectivity index (χ0n) is 18.1. The molecule has 1 atom stereocenters. The second-order valence-corrected chi connectivity index (χ2v) is 7.94. The number of nitrogens with one attached hydrogen (secondary N) is 1. The molecule has 0 saturated carbocycles. The Morgan fingerprint density at radius 2 is 1.84 bits per heavy atom. The molecule has 1 aliphatic rings. The Morgan fingerprint density at radius 1 is 1.06 bits per heavy atom. The van der Waals surface area contributed by atoms with Gasteiger partial charge >= 0.3 is 0 Å². The standard InChI is InChI=1S/C24H25FN4O2/c1-14-8-15(2)10-18(9-14)12-19-13-30-29-23(26-19)20-11-17(4)27-28-24(20)31-21-7-5-6-16(3)22(21)25/h5-11,19H,12-13H2,1-4H3,(H,26,29). The first-order valence-corrected chi connectivity index (χ1v) is 10.2. The van der Waals surface area contributed by atoms with Gasteiger partial charge < -0.3 is 4.74 Å². The van der Waals surface area contributed by atoms with E-state index in [1.54, 1.807) is 31.2 Å². The SMILES string of the molecule is Cc1cc(C)cc(CC2CONC(c3cc(C)nnc3Oc3cccc(C)c3F)=N2)c1. The van der Waals surface area contributed by atoms with Crippen molar-refractivity contribution in [1.82, 2.24) is 15.7 Å². The molecule has 2 aromatic carbocycles. The molecule has 0 amide bonds. The van der Waals surface area contributed by atoms with E-state index in [4.69, 9.17) is 14.6 Å². The third-order valence-electron chi connectivity index (χ3n) is 5.01. The summed E-state index contributed by atoms with van der Waals surface area (Å²) in [6.45, 7) is 8.12. The van der Waals surface area contributed by atoms with Crippen LogP contribution in [0.25, 0.3) is 0 Å². The van der Waals surface area contributed by atoms with Crippen molar-refractivity contribution in [3.05, 3.63) is 81.8 Å². The monoisotopic (exact) mass is 420 g/mol. The molecule has 0 bridgehead atoms. The quantitative estimate of drug-likeness (QED) is 0.657. The van der Waals surface area contributed by atoms with Crippen molar-refractivity contribution in [3.63, 3.8) is 0 Å². The largest absolute Gasteiger partial charge is 0.434 e. The van der Waals surface area contributed by atoms with Gasteiger partial charge in [-0.05, 0) is 57.4 Å². The molecular formula is C24H25FN4O2. The van der Waals surface area contributed by atoms with Crippen LogP contribution in [-0.4, -0.2) is 28.7 Å². The molecule has 0 spiro atoms. The number of halogens is 1. The predicted octanol–water partition coefficient (Wildman–Crippen LogP) is 4.53. The molecule has 0 fully saturated rings. The van der Waals surface area contributed by atoms with Crippen LogP contribution in [0, 0.1) is 33.5 Å². The number of aliphatic imine (C=N–C) groups is 1. The summed E-state index contributed by atoms with van der Waals surface area (Å²) in [7, 11) is 0. The van der Waals surface area contributed by atoms with Crippen LogP contribution < -0.4 is 10.2 Å². The average Bonchev–Trinajstić information content (AvgIpc) is 2.72. The van der Waals surface area contributed by atoms with Gasteiger partial charge in [-0.15, -0.1) is 5.10 Å².